The van der Waals surface area contributed by atoms with Crippen molar-refractivity contribution in [1.29, 1.82) is 0 Å². The van der Waals surface area contributed by atoms with Crippen molar-refractivity contribution in [1.82, 2.24) is 4.90 Å². The first-order valence-corrected chi connectivity index (χ1v) is 7.93. The standard InChI is InChI=1S/C17H27NO5/c1-12-8-18(9-13(2)23-12)10-14(19)11-22-17-15(20-3)6-5-7-16(17)21-4/h5-7,12-14,19H,8-11H2,1-4H3. The van der Waals surface area contributed by atoms with Crippen LogP contribution in [0.5, 0.6) is 17.2 Å². The lowest BCUT2D eigenvalue weighted by molar-refractivity contribution is -0.0787. The maximum Gasteiger partial charge on any atom is 0.203 e. The number of aliphatic hydroxyl groups is 1. The first kappa shape index (κ1) is 17.8. The van der Waals surface area contributed by atoms with Crippen molar-refractivity contribution in [2.75, 3.05) is 40.5 Å². The van der Waals surface area contributed by atoms with Crippen molar-refractivity contribution in [3.63, 3.8) is 0 Å². The van der Waals surface area contributed by atoms with Crippen LogP contribution in [0.4, 0.5) is 0 Å². The first-order valence-electron chi connectivity index (χ1n) is 7.93. The summed E-state index contributed by atoms with van der Waals surface area (Å²) < 4.78 is 22.0. The minimum atomic E-state index is -0.595. The second-order valence-electron chi connectivity index (χ2n) is 5.93. The van der Waals surface area contributed by atoms with Crippen LogP contribution in [-0.2, 0) is 4.74 Å². The van der Waals surface area contributed by atoms with Gasteiger partial charge in [-0.25, -0.2) is 0 Å². The third-order valence-electron chi connectivity index (χ3n) is 3.77. The quantitative estimate of drug-likeness (QED) is 0.821. The molecule has 23 heavy (non-hydrogen) atoms. The molecule has 3 unspecified atom stereocenters. The van der Waals surface area contributed by atoms with E-state index in [1.54, 1.807) is 26.4 Å². The second kappa shape index (κ2) is 8.38. The van der Waals surface area contributed by atoms with Crippen molar-refractivity contribution in [2.45, 2.75) is 32.2 Å². The van der Waals surface area contributed by atoms with Gasteiger partial charge in [0, 0.05) is 19.6 Å². The Bertz CT molecular complexity index is 464. The molecular weight excluding hydrogens is 298 g/mol. The summed E-state index contributed by atoms with van der Waals surface area (Å²) in [6.07, 6.45) is -0.232. The molecule has 1 aliphatic heterocycles. The van der Waals surface area contributed by atoms with E-state index in [1.165, 1.54) is 0 Å². The van der Waals surface area contributed by atoms with Crippen LogP contribution in [0.3, 0.4) is 0 Å². The number of aliphatic hydroxyl groups excluding tert-OH is 1. The molecule has 3 atom stereocenters. The number of para-hydroxylation sites is 1. The molecule has 0 aliphatic carbocycles. The van der Waals surface area contributed by atoms with Gasteiger partial charge in [-0.15, -0.1) is 0 Å². The Morgan fingerprint density at radius 2 is 1.74 bits per heavy atom. The summed E-state index contributed by atoms with van der Waals surface area (Å²) in [7, 11) is 3.16. The molecule has 1 saturated heterocycles. The third-order valence-corrected chi connectivity index (χ3v) is 3.77. The van der Waals surface area contributed by atoms with E-state index >= 15 is 0 Å². The maximum atomic E-state index is 10.3. The number of nitrogens with zero attached hydrogens (tertiary/aromatic N) is 1. The number of hydrogen-bond acceptors (Lipinski definition) is 6. The van der Waals surface area contributed by atoms with Crippen molar-refractivity contribution in [3.05, 3.63) is 18.2 Å². The molecule has 1 aromatic rings. The number of methoxy groups -OCH3 is 2. The topological polar surface area (TPSA) is 60.4 Å². The summed E-state index contributed by atoms with van der Waals surface area (Å²) >= 11 is 0. The molecular formula is C17H27NO5. The first-order chi connectivity index (χ1) is 11.0. The van der Waals surface area contributed by atoms with Gasteiger partial charge < -0.3 is 24.1 Å². The predicted molar refractivity (Wildman–Crippen MR) is 87.5 cm³/mol. The van der Waals surface area contributed by atoms with Gasteiger partial charge in [-0.2, -0.15) is 0 Å². The zero-order valence-electron chi connectivity index (χ0n) is 14.3. The lowest BCUT2D eigenvalue weighted by Crippen LogP contribution is -2.48. The van der Waals surface area contributed by atoms with E-state index in [0.29, 0.717) is 23.8 Å². The lowest BCUT2D eigenvalue weighted by atomic mass is 10.2. The molecule has 1 N–H and O–H groups in total. The summed E-state index contributed by atoms with van der Waals surface area (Å²) in [5.41, 5.74) is 0. The Morgan fingerprint density at radius 1 is 1.17 bits per heavy atom. The Morgan fingerprint density at radius 3 is 2.26 bits per heavy atom. The van der Waals surface area contributed by atoms with E-state index in [1.807, 2.05) is 19.9 Å². The van der Waals surface area contributed by atoms with Crippen LogP contribution in [0, 0.1) is 0 Å². The van der Waals surface area contributed by atoms with Crippen molar-refractivity contribution in [3.8, 4) is 17.2 Å². The van der Waals surface area contributed by atoms with Crippen molar-refractivity contribution < 1.29 is 24.1 Å². The van der Waals surface area contributed by atoms with Crippen LogP contribution in [0.25, 0.3) is 0 Å². The number of rotatable bonds is 7. The SMILES string of the molecule is COc1cccc(OC)c1OCC(O)CN1CC(C)OC(C)C1. The molecule has 0 saturated carbocycles. The lowest BCUT2D eigenvalue weighted by Gasteiger charge is -2.36. The summed E-state index contributed by atoms with van der Waals surface area (Å²) in [4.78, 5) is 2.20. The smallest absolute Gasteiger partial charge is 0.203 e. The molecule has 0 aromatic heterocycles. The van der Waals surface area contributed by atoms with Gasteiger partial charge in [0.2, 0.25) is 5.75 Å². The van der Waals surface area contributed by atoms with Crippen LogP contribution in [-0.4, -0.2) is 68.8 Å². The number of benzene rings is 1. The molecule has 6 heteroatoms. The van der Waals surface area contributed by atoms with E-state index in [4.69, 9.17) is 18.9 Å². The number of morpholine rings is 1. The fourth-order valence-corrected chi connectivity index (χ4v) is 2.92. The maximum absolute atomic E-state index is 10.3. The zero-order chi connectivity index (χ0) is 16.8. The Hall–Kier alpha value is -1.50. The van der Waals surface area contributed by atoms with Crippen molar-refractivity contribution in [2.24, 2.45) is 0 Å². The summed E-state index contributed by atoms with van der Waals surface area (Å²) in [6, 6.07) is 5.43. The van der Waals surface area contributed by atoms with Gasteiger partial charge in [0.15, 0.2) is 11.5 Å². The summed E-state index contributed by atoms with van der Waals surface area (Å²) in [5, 5.41) is 10.3. The highest BCUT2D eigenvalue weighted by Gasteiger charge is 2.24. The number of hydrogen-bond donors (Lipinski definition) is 1. The van der Waals surface area contributed by atoms with E-state index in [9.17, 15) is 5.11 Å². The Balaban J connectivity index is 1.90. The largest absolute Gasteiger partial charge is 0.493 e. The minimum Gasteiger partial charge on any atom is -0.493 e. The van der Waals surface area contributed by atoms with Crippen LogP contribution in [0.15, 0.2) is 18.2 Å². The molecule has 1 heterocycles. The van der Waals surface area contributed by atoms with E-state index in [2.05, 4.69) is 4.90 Å². The molecule has 0 amide bonds. The monoisotopic (exact) mass is 325 g/mol. The van der Waals surface area contributed by atoms with Crippen LogP contribution in [0.1, 0.15) is 13.8 Å². The molecule has 6 nitrogen and oxygen atoms in total. The number of β-amino-alcohol motifs (C(OH)–C–C–N with tert-alkyl or cyclic N) is 1. The van der Waals surface area contributed by atoms with E-state index in [-0.39, 0.29) is 18.8 Å². The van der Waals surface area contributed by atoms with Crippen molar-refractivity contribution >= 4 is 0 Å². The molecule has 1 aliphatic rings. The van der Waals surface area contributed by atoms with Crippen LogP contribution in [0.2, 0.25) is 0 Å². The van der Waals surface area contributed by atoms with Gasteiger partial charge in [0.25, 0.3) is 0 Å². The Labute approximate surface area is 137 Å². The second-order valence-corrected chi connectivity index (χ2v) is 5.93. The summed E-state index contributed by atoms with van der Waals surface area (Å²) in [5.74, 6) is 1.69. The fourth-order valence-electron chi connectivity index (χ4n) is 2.92. The highest BCUT2D eigenvalue weighted by atomic mass is 16.5. The zero-order valence-corrected chi connectivity index (χ0v) is 14.3. The van der Waals surface area contributed by atoms with E-state index < -0.39 is 6.10 Å². The van der Waals surface area contributed by atoms with Gasteiger partial charge in [-0.3, -0.25) is 4.90 Å². The highest BCUT2D eigenvalue weighted by Crippen LogP contribution is 2.36. The van der Waals surface area contributed by atoms with Gasteiger partial charge in [0.1, 0.15) is 12.7 Å². The molecule has 1 aromatic carbocycles. The highest BCUT2D eigenvalue weighted by molar-refractivity contribution is 5.51. The van der Waals surface area contributed by atoms with Crippen LogP contribution < -0.4 is 14.2 Å². The molecule has 0 radical (unpaired) electrons. The van der Waals surface area contributed by atoms with Gasteiger partial charge in [-0.1, -0.05) is 6.07 Å². The molecule has 0 bridgehead atoms. The fraction of sp³-hybridized carbons (Fsp3) is 0.647. The van der Waals surface area contributed by atoms with Crippen LogP contribution >= 0.6 is 0 Å². The van der Waals surface area contributed by atoms with Gasteiger partial charge in [-0.05, 0) is 26.0 Å². The summed E-state index contributed by atoms with van der Waals surface area (Å²) in [6.45, 7) is 6.46. The molecule has 0 spiro atoms. The van der Waals surface area contributed by atoms with E-state index in [0.717, 1.165) is 13.1 Å². The molecule has 2 rings (SSSR count). The number of ether oxygens (including phenoxy) is 4. The van der Waals surface area contributed by atoms with Gasteiger partial charge >= 0.3 is 0 Å². The minimum absolute atomic E-state index is 0.177. The molecule has 130 valence electrons. The normalized spacial score (nSPS) is 23.3. The van der Waals surface area contributed by atoms with Gasteiger partial charge in [0.05, 0.1) is 26.4 Å². The average molecular weight is 325 g/mol. The predicted octanol–water partition coefficient (Wildman–Crippen LogP) is 1.55. The third kappa shape index (κ3) is 4.99. The Kier molecular flexibility index (Phi) is 6.50. The molecule has 1 fully saturated rings. The average Bonchev–Trinajstić information content (AvgIpc) is 2.51.